The Morgan fingerprint density at radius 3 is 2.56 bits per heavy atom. The van der Waals surface area contributed by atoms with Gasteiger partial charge in [0.2, 0.25) is 0 Å². The average molecular weight is 397 g/mol. The Morgan fingerprint density at radius 2 is 1.93 bits per heavy atom. The first kappa shape index (κ1) is 20.6. The molecule has 2 N–H and O–H groups in total. The highest BCUT2D eigenvalue weighted by atomic mass is 35.5. The summed E-state index contributed by atoms with van der Waals surface area (Å²) in [6.45, 7) is 3.36. The molecule has 0 fully saturated rings. The standard InChI is InChI=1S/C18H21ClN2O6/c1-4-12-15(17(23)26-5-2)13(21-18(24)20-12)9-27-16(22)11-8-10(19)6-7-14(11)25-3/h6-8,12H,4-5,9H2,1-3H3,(H2,20,21,24)/t12-/m1/s1. The van der Waals surface area contributed by atoms with Crippen molar-refractivity contribution in [3.63, 3.8) is 0 Å². The van der Waals surface area contributed by atoms with Gasteiger partial charge in [-0.25, -0.2) is 14.4 Å². The molecular weight excluding hydrogens is 376 g/mol. The largest absolute Gasteiger partial charge is 0.496 e. The third kappa shape index (κ3) is 4.91. The maximum absolute atomic E-state index is 12.4. The molecule has 0 radical (unpaired) electrons. The maximum atomic E-state index is 12.4. The Kier molecular flexibility index (Phi) is 7.06. The molecule has 9 heteroatoms. The fourth-order valence-electron chi connectivity index (χ4n) is 2.63. The van der Waals surface area contributed by atoms with Crippen molar-refractivity contribution in [2.24, 2.45) is 0 Å². The minimum atomic E-state index is -0.703. The minimum Gasteiger partial charge on any atom is -0.496 e. The topological polar surface area (TPSA) is 103 Å². The normalized spacial score (nSPS) is 16.3. The average Bonchev–Trinajstić information content (AvgIpc) is 2.65. The molecule has 0 saturated heterocycles. The first-order chi connectivity index (χ1) is 12.9. The number of esters is 2. The van der Waals surface area contributed by atoms with Crippen molar-refractivity contribution in [1.82, 2.24) is 10.6 Å². The zero-order valence-corrected chi connectivity index (χ0v) is 16.0. The van der Waals surface area contributed by atoms with E-state index in [0.29, 0.717) is 17.2 Å². The molecule has 0 aliphatic carbocycles. The van der Waals surface area contributed by atoms with Crippen LogP contribution in [0.25, 0.3) is 0 Å². The van der Waals surface area contributed by atoms with E-state index in [2.05, 4.69) is 10.6 Å². The van der Waals surface area contributed by atoms with E-state index < -0.39 is 24.0 Å². The van der Waals surface area contributed by atoms with Crippen LogP contribution in [0.15, 0.2) is 29.5 Å². The summed E-state index contributed by atoms with van der Waals surface area (Å²) >= 11 is 5.92. The summed E-state index contributed by atoms with van der Waals surface area (Å²) in [6.07, 6.45) is 0.473. The van der Waals surface area contributed by atoms with Crippen LogP contribution in [0, 0.1) is 0 Å². The van der Waals surface area contributed by atoms with Crippen molar-refractivity contribution in [2.75, 3.05) is 20.3 Å². The number of methoxy groups -OCH3 is 1. The first-order valence-corrected chi connectivity index (χ1v) is 8.77. The van der Waals surface area contributed by atoms with Crippen LogP contribution < -0.4 is 15.4 Å². The Labute approximate surface area is 161 Å². The lowest BCUT2D eigenvalue weighted by atomic mass is 10.0. The van der Waals surface area contributed by atoms with Gasteiger partial charge in [-0.1, -0.05) is 18.5 Å². The number of carbonyl (C=O) groups excluding carboxylic acids is 3. The highest BCUT2D eigenvalue weighted by Crippen LogP contribution is 2.24. The molecular formula is C18H21ClN2O6. The summed E-state index contributed by atoms with van der Waals surface area (Å²) < 4.78 is 15.5. The number of urea groups is 1. The number of nitrogens with one attached hydrogen (secondary N) is 2. The molecule has 0 aromatic heterocycles. The first-order valence-electron chi connectivity index (χ1n) is 8.39. The second-order valence-corrected chi connectivity index (χ2v) is 6.03. The van der Waals surface area contributed by atoms with E-state index in [9.17, 15) is 14.4 Å². The molecule has 27 heavy (non-hydrogen) atoms. The van der Waals surface area contributed by atoms with Gasteiger partial charge in [0.1, 0.15) is 17.9 Å². The van der Waals surface area contributed by atoms with Crippen molar-refractivity contribution in [3.8, 4) is 5.75 Å². The van der Waals surface area contributed by atoms with Gasteiger partial charge in [0.25, 0.3) is 0 Å². The Morgan fingerprint density at radius 1 is 1.19 bits per heavy atom. The lowest BCUT2D eigenvalue weighted by molar-refractivity contribution is -0.139. The van der Waals surface area contributed by atoms with Gasteiger partial charge in [-0.2, -0.15) is 0 Å². The van der Waals surface area contributed by atoms with Crippen LogP contribution in [0.3, 0.4) is 0 Å². The van der Waals surface area contributed by atoms with Crippen LogP contribution in [0.2, 0.25) is 5.02 Å². The van der Waals surface area contributed by atoms with Gasteiger partial charge in [-0.05, 0) is 31.5 Å². The van der Waals surface area contributed by atoms with E-state index in [1.165, 1.54) is 13.2 Å². The summed E-state index contributed by atoms with van der Waals surface area (Å²) in [5, 5.41) is 5.50. The summed E-state index contributed by atoms with van der Waals surface area (Å²) in [6, 6.07) is 3.52. The van der Waals surface area contributed by atoms with E-state index >= 15 is 0 Å². The molecule has 0 unspecified atom stereocenters. The fourth-order valence-corrected chi connectivity index (χ4v) is 2.80. The lowest BCUT2D eigenvalue weighted by Crippen LogP contribution is -2.51. The molecule has 146 valence electrons. The minimum absolute atomic E-state index is 0.135. The number of hydrogen-bond acceptors (Lipinski definition) is 6. The molecule has 0 spiro atoms. The highest BCUT2D eigenvalue weighted by Gasteiger charge is 2.32. The van der Waals surface area contributed by atoms with Crippen LogP contribution in [0.5, 0.6) is 5.75 Å². The van der Waals surface area contributed by atoms with Crippen LogP contribution in [0.1, 0.15) is 30.6 Å². The Balaban J connectivity index is 2.26. The molecule has 0 bridgehead atoms. The summed E-state index contributed by atoms with van der Waals surface area (Å²) in [5.74, 6) is -0.987. The summed E-state index contributed by atoms with van der Waals surface area (Å²) in [4.78, 5) is 36.6. The van der Waals surface area contributed by atoms with Gasteiger partial charge in [-0.3, -0.25) is 0 Å². The van der Waals surface area contributed by atoms with Gasteiger partial charge < -0.3 is 24.8 Å². The molecule has 1 atom stereocenters. The fraction of sp³-hybridized carbons (Fsp3) is 0.389. The van der Waals surface area contributed by atoms with Crippen LogP contribution in [-0.2, 0) is 14.3 Å². The van der Waals surface area contributed by atoms with E-state index in [1.807, 2.05) is 6.92 Å². The second-order valence-electron chi connectivity index (χ2n) is 5.59. The van der Waals surface area contributed by atoms with Crippen LogP contribution in [0.4, 0.5) is 4.79 Å². The van der Waals surface area contributed by atoms with E-state index in [-0.39, 0.29) is 30.0 Å². The predicted molar refractivity (Wildman–Crippen MR) is 97.7 cm³/mol. The molecule has 1 aliphatic heterocycles. The van der Waals surface area contributed by atoms with E-state index in [4.69, 9.17) is 25.8 Å². The van der Waals surface area contributed by atoms with E-state index in [1.54, 1.807) is 19.1 Å². The van der Waals surface area contributed by atoms with Crippen molar-refractivity contribution in [2.45, 2.75) is 26.3 Å². The van der Waals surface area contributed by atoms with Crippen LogP contribution >= 0.6 is 11.6 Å². The molecule has 1 aromatic rings. The Bertz CT molecular complexity index is 777. The predicted octanol–water partition coefficient (Wildman–Crippen LogP) is 2.41. The third-order valence-corrected chi connectivity index (χ3v) is 4.11. The molecule has 0 saturated carbocycles. The van der Waals surface area contributed by atoms with Gasteiger partial charge >= 0.3 is 18.0 Å². The molecule has 1 heterocycles. The molecule has 1 aromatic carbocycles. The van der Waals surface area contributed by atoms with Crippen LogP contribution in [-0.4, -0.2) is 44.3 Å². The van der Waals surface area contributed by atoms with Gasteiger partial charge in [-0.15, -0.1) is 0 Å². The second kappa shape index (κ2) is 9.27. The molecule has 2 rings (SSSR count). The number of amides is 2. The van der Waals surface area contributed by atoms with Gasteiger partial charge in [0.15, 0.2) is 0 Å². The van der Waals surface area contributed by atoms with Crippen molar-refractivity contribution >= 4 is 29.6 Å². The lowest BCUT2D eigenvalue weighted by Gasteiger charge is -2.28. The third-order valence-electron chi connectivity index (χ3n) is 3.88. The summed E-state index contributed by atoms with van der Waals surface area (Å²) in [5.41, 5.74) is 0.541. The zero-order valence-electron chi connectivity index (χ0n) is 15.3. The summed E-state index contributed by atoms with van der Waals surface area (Å²) in [7, 11) is 1.42. The van der Waals surface area contributed by atoms with E-state index in [0.717, 1.165) is 0 Å². The van der Waals surface area contributed by atoms with Crippen molar-refractivity contribution in [1.29, 1.82) is 0 Å². The van der Waals surface area contributed by atoms with Crippen molar-refractivity contribution < 1.29 is 28.6 Å². The number of halogens is 1. The smallest absolute Gasteiger partial charge is 0.342 e. The highest BCUT2D eigenvalue weighted by molar-refractivity contribution is 6.31. The molecule has 8 nitrogen and oxygen atoms in total. The quantitative estimate of drug-likeness (QED) is 0.686. The van der Waals surface area contributed by atoms with Gasteiger partial charge in [0.05, 0.1) is 31.0 Å². The number of hydrogen-bond donors (Lipinski definition) is 2. The monoisotopic (exact) mass is 396 g/mol. The molecule has 2 amide bonds. The molecule has 1 aliphatic rings. The SMILES string of the molecule is CCOC(=O)C1=C(COC(=O)c2cc(Cl)ccc2OC)NC(=O)N[C@@H]1CC. The number of carbonyl (C=O) groups is 3. The Hall–Kier alpha value is -2.74. The number of benzene rings is 1. The van der Waals surface area contributed by atoms with Gasteiger partial charge in [0, 0.05) is 5.02 Å². The zero-order chi connectivity index (χ0) is 20.0. The van der Waals surface area contributed by atoms with Crippen molar-refractivity contribution in [3.05, 3.63) is 40.1 Å². The number of ether oxygens (including phenoxy) is 3. The maximum Gasteiger partial charge on any atom is 0.342 e. The number of rotatable bonds is 7.